The first-order valence-electron chi connectivity index (χ1n) is 20.8. The molecule has 0 spiro atoms. The molecule has 5 heteroatoms. The summed E-state index contributed by atoms with van der Waals surface area (Å²) in [6, 6.07) is 76.2. The first-order chi connectivity index (χ1) is 30.7. The lowest BCUT2D eigenvalue weighted by Crippen LogP contribution is -2.00. The normalized spacial score (nSPS) is 11.5. The molecule has 0 fully saturated rings. The second-order valence-corrected chi connectivity index (χ2v) is 15.6. The number of furan rings is 1. The van der Waals surface area contributed by atoms with E-state index >= 15 is 0 Å². The maximum Gasteiger partial charge on any atom is 0.164 e. The third kappa shape index (κ3) is 6.06. The molecule has 12 aromatic rings. The molecule has 3 heterocycles. The summed E-state index contributed by atoms with van der Waals surface area (Å²) in [4.78, 5) is 15.2. The van der Waals surface area contributed by atoms with Gasteiger partial charge in [-0.15, -0.1) is 0 Å². The van der Waals surface area contributed by atoms with Gasteiger partial charge in [0.1, 0.15) is 5.58 Å². The Morgan fingerprint density at radius 3 is 1.44 bits per heavy atom. The SMILES string of the molecule is c1ccc(-c2cc(-c3nc(-c4ccccc4)nc(-c4ccccc4)n3)cc(-c3cccc4c3oc3c(-n5c6ccccc6c6cc(-c7ccccc7)ccc65)cccc34)c2)cc1. The molecular formula is C57H36N4O. The average Bonchev–Trinajstić information content (AvgIpc) is 3.91. The zero-order chi connectivity index (χ0) is 41.0. The first-order valence-corrected chi connectivity index (χ1v) is 20.8. The molecule has 0 saturated heterocycles. The summed E-state index contributed by atoms with van der Waals surface area (Å²) < 4.78 is 9.52. The molecule has 0 bridgehead atoms. The van der Waals surface area contributed by atoms with Crippen molar-refractivity contribution in [2.75, 3.05) is 0 Å². The molecule has 9 aromatic carbocycles. The number of rotatable bonds is 7. The lowest BCUT2D eigenvalue weighted by atomic mass is 9.94. The highest BCUT2D eigenvalue weighted by molar-refractivity contribution is 6.15. The van der Waals surface area contributed by atoms with Crippen molar-refractivity contribution in [3.05, 3.63) is 218 Å². The topological polar surface area (TPSA) is 56.7 Å². The van der Waals surface area contributed by atoms with E-state index in [4.69, 9.17) is 19.4 Å². The molecule has 0 unspecified atom stereocenters. The van der Waals surface area contributed by atoms with Gasteiger partial charge in [-0.2, -0.15) is 0 Å². The highest BCUT2D eigenvalue weighted by Crippen LogP contribution is 2.43. The van der Waals surface area contributed by atoms with Crippen LogP contribution in [-0.4, -0.2) is 19.5 Å². The van der Waals surface area contributed by atoms with Crippen LogP contribution in [0.2, 0.25) is 0 Å². The van der Waals surface area contributed by atoms with E-state index in [0.29, 0.717) is 17.5 Å². The van der Waals surface area contributed by atoms with Crippen molar-refractivity contribution in [3.63, 3.8) is 0 Å². The largest absolute Gasteiger partial charge is 0.453 e. The van der Waals surface area contributed by atoms with Gasteiger partial charge in [0.2, 0.25) is 0 Å². The van der Waals surface area contributed by atoms with E-state index in [0.717, 1.165) is 77.6 Å². The molecule has 0 aliphatic rings. The van der Waals surface area contributed by atoms with Crippen molar-refractivity contribution >= 4 is 43.7 Å². The summed E-state index contributed by atoms with van der Waals surface area (Å²) in [6.07, 6.45) is 0. The van der Waals surface area contributed by atoms with Crippen LogP contribution in [0.15, 0.2) is 223 Å². The Bertz CT molecular complexity index is 3560. The molecule has 3 aromatic heterocycles. The minimum Gasteiger partial charge on any atom is -0.453 e. The Balaban J connectivity index is 1.07. The predicted octanol–water partition coefficient (Wildman–Crippen LogP) is 14.9. The van der Waals surface area contributed by atoms with Gasteiger partial charge < -0.3 is 8.98 Å². The Morgan fingerprint density at radius 2 is 0.774 bits per heavy atom. The fraction of sp³-hybridized carbons (Fsp3) is 0. The number of benzene rings is 9. The maximum absolute atomic E-state index is 7.17. The van der Waals surface area contributed by atoms with Gasteiger partial charge in [0, 0.05) is 43.8 Å². The quantitative estimate of drug-likeness (QED) is 0.161. The fourth-order valence-corrected chi connectivity index (χ4v) is 8.90. The summed E-state index contributed by atoms with van der Waals surface area (Å²) in [5.41, 5.74) is 14.2. The zero-order valence-corrected chi connectivity index (χ0v) is 33.5. The first kappa shape index (κ1) is 35.5. The molecule has 0 amide bonds. The number of hydrogen-bond donors (Lipinski definition) is 0. The van der Waals surface area contributed by atoms with Crippen LogP contribution in [-0.2, 0) is 0 Å². The number of hydrogen-bond acceptors (Lipinski definition) is 4. The second-order valence-electron chi connectivity index (χ2n) is 15.6. The third-order valence-corrected chi connectivity index (χ3v) is 11.8. The smallest absolute Gasteiger partial charge is 0.164 e. The molecule has 0 aliphatic carbocycles. The molecule has 0 aliphatic heterocycles. The molecule has 0 atom stereocenters. The number of aromatic nitrogens is 4. The van der Waals surface area contributed by atoms with Crippen LogP contribution in [0.1, 0.15) is 0 Å². The van der Waals surface area contributed by atoms with Crippen molar-refractivity contribution < 1.29 is 4.42 Å². The van der Waals surface area contributed by atoms with Gasteiger partial charge in [-0.3, -0.25) is 0 Å². The lowest BCUT2D eigenvalue weighted by molar-refractivity contribution is 0.667. The van der Waals surface area contributed by atoms with E-state index in [1.165, 1.54) is 21.9 Å². The summed E-state index contributed by atoms with van der Waals surface area (Å²) >= 11 is 0. The lowest BCUT2D eigenvalue weighted by Gasteiger charge is -2.12. The highest BCUT2D eigenvalue weighted by atomic mass is 16.3. The van der Waals surface area contributed by atoms with Crippen molar-refractivity contribution in [2.24, 2.45) is 0 Å². The molecular weight excluding hydrogens is 757 g/mol. The Labute approximate surface area is 357 Å². The highest BCUT2D eigenvalue weighted by Gasteiger charge is 2.21. The van der Waals surface area contributed by atoms with Gasteiger partial charge in [0.15, 0.2) is 23.1 Å². The monoisotopic (exact) mass is 792 g/mol. The van der Waals surface area contributed by atoms with E-state index in [-0.39, 0.29) is 0 Å². The Morgan fingerprint density at radius 1 is 0.290 bits per heavy atom. The van der Waals surface area contributed by atoms with Gasteiger partial charge in [-0.25, -0.2) is 15.0 Å². The molecule has 290 valence electrons. The van der Waals surface area contributed by atoms with Crippen LogP contribution in [0.3, 0.4) is 0 Å². The summed E-state index contributed by atoms with van der Waals surface area (Å²) in [6.45, 7) is 0. The van der Waals surface area contributed by atoms with Gasteiger partial charge >= 0.3 is 0 Å². The maximum atomic E-state index is 7.17. The van der Waals surface area contributed by atoms with Crippen LogP contribution in [0, 0.1) is 0 Å². The number of para-hydroxylation sites is 3. The van der Waals surface area contributed by atoms with E-state index in [1.807, 2.05) is 66.7 Å². The van der Waals surface area contributed by atoms with Crippen LogP contribution in [0.4, 0.5) is 0 Å². The van der Waals surface area contributed by atoms with Gasteiger partial charge in [-0.1, -0.05) is 176 Å². The molecule has 5 nitrogen and oxygen atoms in total. The average molecular weight is 793 g/mol. The minimum atomic E-state index is 0.595. The Kier molecular flexibility index (Phi) is 8.42. The van der Waals surface area contributed by atoms with E-state index in [1.54, 1.807) is 0 Å². The summed E-state index contributed by atoms with van der Waals surface area (Å²) in [5, 5.41) is 4.51. The predicted molar refractivity (Wildman–Crippen MR) is 254 cm³/mol. The van der Waals surface area contributed by atoms with Gasteiger partial charge in [0.25, 0.3) is 0 Å². The van der Waals surface area contributed by atoms with Crippen LogP contribution < -0.4 is 0 Å². The molecule has 12 rings (SSSR count). The van der Waals surface area contributed by atoms with Crippen molar-refractivity contribution in [3.8, 4) is 73.2 Å². The van der Waals surface area contributed by atoms with E-state index in [2.05, 4.69) is 156 Å². The van der Waals surface area contributed by atoms with E-state index in [9.17, 15) is 0 Å². The van der Waals surface area contributed by atoms with Crippen molar-refractivity contribution in [2.45, 2.75) is 0 Å². The van der Waals surface area contributed by atoms with Crippen LogP contribution in [0.25, 0.3) is 117 Å². The standard InChI is InChI=1S/C57H36N4O/c1-5-17-37(18-6-1)41-31-32-51-49(36-41)46-25-13-14-29-50(46)61(51)52-30-16-28-48-47-27-15-26-45(53(47)62-54(48)52)43-33-42(38-19-7-2-8-20-38)34-44(35-43)57-59-55(39-21-9-3-10-22-39)58-56(60-57)40-23-11-4-12-24-40/h1-36H. The van der Waals surface area contributed by atoms with Crippen molar-refractivity contribution in [1.82, 2.24) is 19.5 Å². The minimum absolute atomic E-state index is 0.595. The summed E-state index contributed by atoms with van der Waals surface area (Å²) in [7, 11) is 0. The molecule has 62 heavy (non-hydrogen) atoms. The second kappa shape index (κ2) is 14.7. The zero-order valence-electron chi connectivity index (χ0n) is 33.5. The van der Waals surface area contributed by atoms with Crippen molar-refractivity contribution in [1.29, 1.82) is 0 Å². The van der Waals surface area contributed by atoms with Crippen LogP contribution >= 0.6 is 0 Å². The van der Waals surface area contributed by atoms with E-state index < -0.39 is 0 Å². The Hall–Kier alpha value is -8.41. The number of nitrogens with zero attached hydrogens (tertiary/aromatic N) is 4. The van der Waals surface area contributed by atoms with Gasteiger partial charge in [0.05, 0.1) is 16.7 Å². The van der Waals surface area contributed by atoms with Crippen LogP contribution in [0.5, 0.6) is 0 Å². The van der Waals surface area contributed by atoms with Gasteiger partial charge in [-0.05, 0) is 70.3 Å². The molecule has 0 radical (unpaired) electrons. The number of fused-ring (bicyclic) bond motifs is 6. The fourth-order valence-electron chi connectivity index (χ4n) is 8.90. The molecule has 0 saturated carbocycles. The summed E-state index contributed by atoms with van der Waals surface area (Å²) in [5.74, 6) is 1.83. The third-order valence-electron chi connectivity index (χ3n) is 11.8. The molecule has 0 N–H and O–H groups in total.